The standard InChI is InChI=1S/C23H27NO3/c1-16(2)10-20(26)13-22-21-11-19(14-25)23(12-18(21)8-9-24-22)27-15-17-6-4-3-5-7-17/h3-7,10-12,14,20,22,24,26H,8-9,13,15H2,1-2H3. The lowest BCUT2D eigenvalue weighted by molar-refractivity contribution is 0.111. The minimum absolute atomic E-state index is 0.0289. The van der Waals surface area contributed by atoms with Crippen molar-refractivity contribution >= 4 is 6.29 Å². The maximum atomic E-state index is 11.6. The van der Waals surface area contributed by atoms with Gasteiger partial charge in [-0.15, -0.1) is 0 Å². The van der Waals surface area contributed by atoms with E-state index in [4.69, 9.17) is 4.74 Å². The molecular weight excluding hydrogens is 338 g/mol. The number of nitrogens with one attached hydrogen (secondary N) is 1. The minimum atomic E-state index is -0.507. The van der Waals surface area contributed by atoms with Gasteiger partial charge in [0.05, 0.1) is 11.7 Å². The number of aldehydes is 1. The smallest absolute Gasteiger partial charge is 0.153 e. The lowest BCUT2D eigenvalue weighted by Crippen LogP contribution is -2.32. The van der Waals surface area contributed by atoms with E-state index in [-0.39, 0.29) is 6.04 Å². The van der Waals surface area contributed by atoms with E-state index in [1.807, 2.05) is 62.4 Å². The number of benzene rings is 2. The molecule has 1 aliphatic rings. The van der Waals surface area contributed by atoms with E-state index >= 15 is 0 Å². The lowest BCUT2D eigenvalue weighted by atomic mass is 9.89. The molecule has 1 heterocycles. The minimum Gasteiger partial charge on any atom is -0.488 e. The molecule has 2 aromatic carbocycles. The van der Waals surface area contributed by atoms with Gasteiger partial charge in [-0.05, 0) is 62.1 Å². The summed E-state index contributed by atoms with van der Waals surface area (Å²) in [6.07, 6.45) is 3.67. The Bertz CT molecular complexity index is 810. The second-order valence-electron chi connectivity index (χ2n) is 7.28. The van der Waals surface area contributed by atoms with Crippen molar-refractivity contribution < 1.29 is 14.6 Å². The van der Waals surface area contributed by atoms with Crippen LogP contribution in [0.3, 0.4) is 0 Å². The van der Waals surface area contributed by atoms with Gasteiger partial charge in [-0.1, -0.05) is 42.0 Å². The van der Waals surface area contributed by atoms with Crippen LogP contribution in [-0.4, -0.2) is 24.0 Å². The number of fused-ring (bicyclic) bond motifs is 1. The molecule has 0 saturated heterocycles. The fraction of sp³-hybridized carbons (Fsp3) is 0.348. The highest BCUT2D eigenvalue weighted by molar-refractivity contribution is 5.80. The predicted octanol–water partition coefficient (Wildman–Crippen LogP) is 3.98. The van der Waals surface area contributed by atoms with Crippen molar-refractivity contribution in [2.75, 3.05) is 6.54 Å². The molecule has 142 valence electrons. The quantitative estimate of drug-likeness (QED) is 0.575. The second-order valence-corrected chi connectivity index (χ2v) is 7.28. The summed E-state index contributed by atoms with van der Waals surface area (Å²) in [5, 5.41) is 13.7. The van der Waals surface area contributed by atoms with Crippen molar-refractivity contribution in [2.45, 2.75) is 45.4 Å². The van der Waals surface area contributed by atoms with Gasteiger partial charge in [0.2, 0.25) is 0 Å². The van der Waals surface area contributed by atoms with Crippen LogP contribution >= 0.6 is 0 Å². The number of carbonyl (C=O) groups excluding carboxylic acids is 1. The number of aliphatic hydroxyl groups is 1. The van der Waals surface area contributed by atoms with Crippen LogP contribution in [0.15, 0.2) is 54.1 Å². The van der Waals surface area contributed by atoms with Gasteiger partial charge < -0.3 is 15.2 Å². The predicted molar refractivity (Wildman–Crippen MR) is 107 cm³/mol. The molecule has 0 saturated carbocycles. The molecule has 2 aromatic rings. The van der Waals surface area contributed by atoms with Gasteiger partial charge in [0.1, 0.15) is 12.4 Å². The highest BCUT2D eigenvalue weighted by atomic mass is 16.5. The molecule has 2 atom stereocenters. The number of hydrogen-bond donors (Lipinski definition) is 2. The van der Waals surface area contributed by atoms with Crippen molar-refractivity contribution in [1.29, 1.82) is 0 Å². The average molecular weight is 365 g/mol. The zero-order valence-electron chi connectivity index (χ0n) is 15.9. The molecule has 4 heteroatoms. The third kappa shape index (κ3) is 5.06. The summed E-state index contributed by atoms with van der Waals surface area (Å²) in [5.41, 5.74) is 4.97. The summed E-state index contributed by atoms with van der Waals surface area (Å²) in [6.45, 7) is 5.23. The Labute approximate surface area is 160 Å². The van der Waals surface area contributed by atoms with Crippen LogP contribution < -0.4 is 10.1 Å². The molecule has 0 amide bonds. The zero-order chi connectivity index (χ0) is 19.2. The number of carbonyl (C=O) groups is 1. The summed E-state index contributed by atoms with van der Waals surface area (Å²) in [7, 11) is 0. The van der Waals surface area contributed by atoms with Crippen molar-refractivity contribution in [3.63, 3.8) is 0 Å². The summed E-state index contributed by atoms with van der Waals surface area (Å²) in [5.74, 6) is 0.623. The molecule has 2 N–H and O–H groups in total. The van der Waals surface area contributed by atoms with Gasteiger partial charge in [0.15, 0.2) is 6.29 Å². The Morgan fingerprint density at radius 3 is 2.78 bits per heavy atom. The van der Waals surface area contributed by atoms with Gasteiger partial charge in [0.25, 0.3) is 0 Å². The normalized spacial score (nSPS) is 16.9. The molecule has 0 aromatic heterocycles. The van der Waals surface area contributed by atoms with Crippen LogP contribution in [-0.2, 0) is 13.0 Å². The molecule has 3 rings (SSSR count). The van der Waals surface area contributed by atoms with Crippen LogP contribution in [0, 0.1) is 0 Å². The molecular formula is C23H27NO3. The highest BCUT2D eigenvalue weighted by Crippen LogP contribution is 2.32. The summed E-state index contributed by atoms with van der Waals surface area (Å²) in [4.78, 5) is 11.6. The largest absolute Gasteiger partial charge is 0.488 e. The van der Waals surface area contributed by atoms with E-state index in [1.165, 1.54) is 5.56 Å². The molecule has 0 bridgehead atoms. The molecule has 2 unspecified atom stereocenters. The summed E-state index contributed by atoms with van der Waals surface area (Å²) >= 11 is 0. The van der Waals surface area contributed by atoms with E-state index in [9.17, 15) is 9.90 Å². The summed E-state index contributed by atoms with van der Waals surface area (Å²) < 4.78 is 5.94. The molecule has 1 aliphatic heterocycles. The Morgan fingerprint density at radius 1 is 1.30 bits per heavy atom. The topological polar surface area (TPSA) is 58.6 Å². The second kappa shape index (κ2) is 8.98. The fourth-order valence-corrected chi connectivity index (χ4v) is 3.55. The zero-order valence-corrected chi connectivity index (χ0v) is 15.9. The van der Waals surface area contributed by atoms with Gasteiger partial charge in [-0.3, -0.25) is 4.79 Å². The van der Waals surface area contributed by atoms with Gasteiger partial charge in [0, 0.05) is 6.04 Å². The SMILES string of the molecule is CC(C)=CC(O)CC1NCCc2cc(OCc3ccccc3)c(C=O)cc21. The molecule has 0 aliphatic carbocycles. The first-order valence-electron chi connectivity index (χ1n) is 9.42. The van der Waals surface area contributed by atoms with E-state index in [0.717, 1.165) is 36.0 Å². The van der Waals surface area contributed by atoms with Crippen molar-refractivity contribution in [3.05, 3.63) is 76.4 Å². The maximum Gasteiger partial charge on any atom is 0.153 e. The Morgan fingerprint density at radius 2 is 2.07 bits per heavy atom. The molecule has 0 radical (unpaired) electrons. The lowest BCUT2D eigenvalue weighted by Gasteiger charge is -2.29. The molecule has 4 nitrogen and oxygen atoms in total. The Kier molecular flexibility index (Phi) is 6.43. The number of ether oxygens (including phenoxy) is 1. The Hall–Kier alpha value is -2.43. The molecule has 0 spiro atoms. The average Bonchev–Trinajstić information content (AvgIpc) is 2.66. The number of hydrogen-bond acceptors (Lipinski definition) is 4. The number of rotatable bonds is 7. The monoisotopic (exact) mass is 365 g/mol. The van der Waals surface area contributed by atoms with Gasteiger partial charge in [-0.25, -0.2) is 0 Å². The first kappa shape index (κ1) is 19.3. The number of aliphatic hydroxyl groups excluding tert-OH is 1. The van der Waals surface area contributed by atoms with Crippen LogP contribution in [0.1, 0.15) is 53.4 Å². The van der Waals surface area contributed by atoms with Crippen molar-refractivity contribution in [3.8, 4) is 5.75 Å². The summed E-state index contributed by atoms with van der Waals surface area (Å²) in [6, 6.07) is 13.8. The van der Waals surface area contributed by atoms with Crippen LogP contribution in [0.4, 0.5) is 0 Å². The molecule has 27 heavy (non-hydrogen) atoms. The third-order valence-electron chi connectivity index (χ3n) is 4.80. The molecule has 0 fully saturated rings. The number of allylic oxidation sites excluding steroid dienone is 1. The van der Waals surface area contributed by atoms with Crippen LogP contribution in [0.2, 0.25) is 0 Å². The van der Waals surface area contributed by atoms with Crippen LogP contribution in [0.25, 0.3) is 0 Å². The third-order valence-corrected chi connectivity index (χ3v) is 4.80. The van der Waals surface area contributed by atoms with E-state index < -0.39 is 6.10 Å². The van der Waals surface area contributed by atoms with E-state index in [2.05, 4.69) is 5.32 Å². The van der Waals surface area contributed by atoms with E-state index in [0.29, 0.717) is 24.3 Å². The van der Waals surface area contributed by atoms with E-state index in [1.54, 1.807) is 0 Å². The fourth-order valence-electron chi connectivity index (χ4n) is 3.55. The van der Waals surface area contributed by atoms with Crippen molar-refractivity contribution in [2.24, 2.45) is 0 Å². The maximum absolute atomic E-state index is 11.6. The highest BCUT2D eigenvalue weighted by Gasteiger charge is 2.24. The van der Waals surface area contributed by atoms with Crippen LogP contribution in [0.5, 0.6) is 5.75 Å². The first-order chi connectivity index (χ1) is 13.1. The van der Waals surface area contributed by atoms with Gasteiger partial charge in [-0.2, -0.15) is 0 Å². The van der Waals surface area contributed by atoms with Gasteiger partial charge >= 0.3 is 0 Å². The Balaban J connectivity index is 1.81. The van der Waals surface area contributed by atoms with Crippen molar-refractivity contribution in [1.82, 2.24) is 5.32 Å². The first-order valence-corrected chi connectivity index (χ1v) is 9.42.